The number of piperidine rings is 1. The molecule has 0 atom stereocenters. The van der Waals surface area contributed by atoms with Gasteiger partial charge in [-0.1, -0.05) is 23.7 Å². The molecule has 2 aromatic carbocycles. The lowest BCUT2D eigenvalue weighted by atomic mass is 9.98. The van der Waals surface area contributed by atoms with Gasteiger partial charge in [0.15, 0.2) is 6.20 Å². The summed E-state index contributed by atoms with van der Waals surface area (Å²) in [5.41, 5.74) is 2.09. The fourth-order valence-electron chi connectivity index (χ4n) is 4.33. The van der Waals surface area contributed by atoms with E-state index < -0.39 is 11.6 Å². The van der Waals surface area contributed by atoms with Crippen molar-refractivity contribution in [2.45, 2.75) is 19.3 Å². The molecule has 0 amide bonds. The van der Waals surface area contributed by atoms with Gasteiger partial charge in [0.2, 0.25) is 0 Å². The molecule has 0 bridgehead atoms. The Bertz CT molecular complexity index is 1320. The Morgan fingerprint density at radius 3 is 2.44 bits per heavy atom. The molecule has 0 aliphatic carbocycles. The second-order valence-corrected chi connectivity index (χ2v) is 8.34. The predicted octanol–water partition coefficient (Wildman–Crippen LogP) is 6.12. The van der Waals surface area contributed by atoms with Crippen molar-refractivity contribution in [3.05, 3.63) is 82.7 Å². The van der Waals surface area contributed by atoms with Crippen molar-refractivity contribution in [1.29, 1.82) is 0 Å². The molecule has 1 aliphatic rings. The second kappa shape index (κ2) is 8.36. The van der Waals surface area contributed by atoms with Crippen LogP contribution in [0.5, 0.6) is 0 Å². The van der Waals surface area contributed by atoms with Crippen LogP contribution in [0.25, 0.3) is 33.3 Å². The van der Waals surface area contributed by atoms with Crippen LogP contribution in [0.2, 0.25) is 5.02 Å². The van der Waals surface area contributed by atoms with E-state index >= 15 is 0 Å². The summed E-state index contributed by atoms with van der Waals surface area (Å²) in [5.74, 6) is -0.648. The quantitative estimate of drug-likeness (QED) is 0.278. The van der Waals surface area contributed by atoms with E-state index in [1.165, 1.54) is 18.3 Å². The summed E-state index contributed by atoms with van der Waals surface area (Å²) >= 11 is 6.43. The van der Waals surface area contributed by atoms with Crippen LogP contribution in [0.3, 0.4) is 0 Å². The molecule has 1 saturated heterocycles. The molecular formula is C25H20ClF2N3O. The molecule has 1 aliphatic heterocycles. The molecule has 0 N–H and O–H groups in total. The smallest absolute Gasteiger partial charge is 0.251 e. The van der Waals surface area contributed by atoms with Crippen molar-refractivity contribution in [3.8, 4) is 22.4 Å². The van der Waals surface area contributed by atoms with E-state index in [1.54, 1.807) is 30.3 Å². The van der Waals surface area contributed by atoms with Gasteiger partial charge in [-0.05, 0) is 55.2 Å². The first-order valence-electron chi connectivity index (χ1n) is 10.5. The Hall–Kier alpha value is -3.25. The SMILES string of the molecule is [O-][n+]1ccc2c(-c3ccc(F)cc3F)cc(N3CCCCC3)nc2c1-c1ccccc1Cl. The highest BCUT2D eigenvalue weighted by Gasteiger charge is 2.24. The van der Waals surface area contributed by atoms with E-state index in [4.69, 9.17) is 16.6 Å². The first-order valence-corrected chi connectivity index (χ1v) is 10.9. The molecule has 5 rings (SSSR count). The molecule has 1 fully saturated rings. The Balaban J connectivity index is 1.85. The van der Waals surface area contributed by atoms with E-state index in [9.17, 15) is 14.0 Å². The van der Waals surface area contributed by atoms with E-state index in [0.717, 1.165) is 43.1 Å². The number of anilines is 1. The van der Waals surface area contributed by atoms with E-state index in [-0.39, 0.29) is 5.56 Å². The van der Waals surface area contributed by atoms with Crippen LogP contribution >= 0.6 is 11.6 Å². The van der Waals surface area contributed by atoms with Crippen molar-refractivity contribution in [1.82, 2.24) is 4.98 Å². The summed E-state index contributed by atoms with van der Waals surface area (Å²) in [6, 6.07) is 14.0. The molecule has 0 spiro atoms. The summed E-state index contributed by atoms with van der Waals surface area (Å²) in [6.07, 6.45) is 4.59. The number of rotatable bonds is 3. The zero-order valence-electron chi connectivity index (χ0n) is 17.2. The largest absolute Gasteiger partial charge is 0.618 e. The second-order valence-electron chi connectivity index (χ2n) is 7.93. The molecule has 3 heterocycles. The zero-order valence-corrected chi connectivity index (χ0v) is 17.9. The molecule has 4 aromatic rings. The third-order valence-electron chi connectivity index (χ3n) is 5.90. The number of fused-ring (bicyclic) bond motifs is 1. The minimum absolute atomic E-state index is 0.255. The van der Waals surface area contributed by atoms with Gasteiger partial charge in [0.1, 0.15) is 23.0 Å². The fraction of sp³-hybridized carbons (Fsp3) is 0.200. The zero-order chi connectivity index (χ0) is 22.2. The molecule has 0 unspecified atom stereocenters. The minimum atomic E-state index is -0.666. The van der Waals surface area contributed by atoms with Crippen LogP contribution in [0, 0.1) is 16.8 Å². The van der Waals surface area contributed by atoms with Gasteiger partial charge in [0.05, 0.1) is 10.6 Å². The molecule has 162 valence electrons. The van der Waals surface area contributed by atoms with Crippen LogP contribution in [0.15, 0.2) is 60.8 Å². The van der Waals surface area contributed by atoms with E-state index in [2.05, 4.69) is 4.90 Å². The van der Waals surface area contributed by atoms with Gasteiger partial charge in [0.25, 0.3) is 5.69 Å². The van der Waals surface area contributed by atoms with Crippen LogP contribution in [0.1, 0.15) is 19.3 Å². The van der Waals surface area contributed by atoms with Crippen molar-refractivity contribution in [2.75, 3.05) is 18.0 Å². The number of aromatic nitrogens is 2. The third-order valence-corrected chi connectivity index (χ3v) is 6.23. The van der Waals surface area contributed by atoms with E-state index in [0.29, 0.717) is 38.6 Å². The Labute approximate surface area is 189 Å². The number of hydrogen-bond acceptors (Lipinski definition) is 3. The lowest BCUT2D eigenvalue weighted by Crippen LogP contribution is -2.31. The average Bonchev–Trinajstić information content (AvgIpc) is 2.80. The summed E-state index contributed by atoms with van der Waals surface area (Å²) in [4.78, 5) is 7.01. The van der Waals surface area contributed by atoms with Gasteiger partial charge in [-0.15, -0.1) is 0 Å². The monoisotopic (exact) mass is 451 g/mol. The number of hydrogen-bond donors (Lipinski definition) is 0. The summed E-state index contributed by atoms with van der Waals surface area (Å²) in [7, 11) is 0. The summed E-state index contributed by atoms with van der Waals surface area (Å²) in [6.45, 7) is 1.66. The minimum Gasteiger partial charge on any atom is -0.618 e. The lowest BCUT2D eigenvalue weighted by molar-refractivity contribution is -0.592. The van der Waals surface area contributed by atoms with Gasteiger partial charge in [0, 0.05) is 36.2 Å². The Morgan fingerprint density at radius 2 is 1.69 bits per heavy atom. The maximum Gasteiger partial charge on any atom is 0.251 e. The third kappa shape index (κ3) is 3.65. The Morgan fingerprint density at radius 1 is 0.906 bits per heavy atom. The first-order chi connectivity index (χ1) is 15.5. The molecule has 4 nitrogen and oxygen atoms in total. The highest BCUT2D eigenvalue weighted by Crippen LogP contribution is 2.37. The highest BCUT2D eigenvalue weighted by molar-refractivity contribution is 6.33. The summed E-state index contributed by atoms with van der Waals surface area (Å²) in [5, 5.41) is 13.9. The summed E-state index contributed by atoms with van der Waals surface area (Å²) < 4.78 is 29.2. The van der Waals surface area contributed by atoms with Crippen LogP contribution < -0.4 is 9.63 Å². The normalized spacial score (nSPS) is 14.2. The average molecular weight is 452 g/mol. The highest BCUT2D eigenvalue weighted by atomic mass is 35.5. The van der Waals surface area contributed by atoms with Gasteiger partial charge in [-0.3, -0.25) is 0 Å². The van der Waals surface area contributed by atoms with Crippen LogP contribution in [-0.4, -0.2) is 18.1 Å². The van der Waals surface area contributed by atoms with Gasteiger partial charge < -0.3 is 10.1 Å². The number of nitrogens with zero attached hydrogens (tertiary/aromatic N) is 3. The van der Waals surface area contributed by atoms with Crippen LogP contribution in [-0.2, 0) is 0 Å². The topological polar surface area (TPSA) is 43.1 Å². The molecule has 2 aromatic heterocycles. The molecular weight excluding hydrogens is 432 g/mol. The molecule has 7 heteroatoms. The van der Waals surface area contributed by atoms with Crippen molar-refractivity contribution in [3.63, 3.8) is 0 Å². The first kappa shape index (κ1) is 20.6. The molecule has 0 saturated carbocycles. The van der Waals surface area contributed by atoms with Gasteiger partial charge in [-0.25, -0.2) is 13.8 Å². The van der Waals surface area contributed by atoms with Crippen molar-refractivity contribution in [2.24, 2.45) is 0 Å². The van der Waals surface area contributed by atoms with Crippen LogP contribution in [0.4, 0.5) is 14.6 Å². The standard InChI is InChI=1S/C25H20ClF2N3O/c26-21-7-3-2-6-19(21)25-24-18(10-13-31(25)32)20(17-9-8-16(27)14-22(17)28)15-23(29-24)30-11-4-1-5-12-30/h2-3,6-10,13-15H,1,4-5,11-12H2. The van der Waals surface area contributed by atoms with E-state index in [1.807, 2.05) is 6.07 Å². The number of pyridine rings is 2. The molecule has 32 heavy (non-hydrogen) atoms. The lowest BCUT2D eigenvalue weighted by Gasteiger charge is -2.28. The van der Waals surface area contributed by atoms with Gasteiger partial charge in [-0.2, -0.15) is 4.73 Å². The van der Waals surface area contributed by atoms with Crippen molar-refractivity contribution >= 4 is 28.3 Å². The fourth-order valence-corrected chi connectivity index (χ4v) is 4.55. The number of halogens is 3. The maximum absolute atomic E-state index is 14.8. The maximum atomic E-state index is 14.8. The van der Waals surface area contributed by atoms with Gasteiger partial charge >= 0.3 is 0 Å². The number of benzene rings is 2. The predicted molar refractivity (Wildman–Crippen MR) is 123 cm³/mol. The Kier molecular flexibility index (Phi) is 5.39. The van der Waals surface area contributed by atoms with Crippen molar-refractivity contribution < 1.29 is 13.5 Å². The molecule has 0 radical (unpaired) electrons.